The smallest absolute Gasteiger partial charge is 0.241 e. The van der Waals surface area contributed by atoms with E-state index in [1.54, 1.807) is 6.07 Å². The van der Waals surface area contributed by atoms with Gasteiger partial charge in [0.15, 0.2) is 0 Å². The van der Waals surface area contributed by atoms with Gasteiger partial charge in [-0.05, 0) is 30.7 Å². The van der Waals surface area contributed by atoms with E-state index in [4.69, 9.17) is 5.73 Å². The molecule has 0 aliphatic carbocycles. The lowest BCUT2D eigenvalue weighted by Gasteiger charge is -2.10. The predicted octanol–water partition coefficient (Wildman–Crippen LogP) is 0.918. The lowest BCUT2D eigenvalue weighted by molar-refractivity contribution is 0.578. The van der Waals surface area contributed by atoms with Crippen molar-refractivity contribution in [3.8, 4) is 0 Å². The molecule has 102 valence electrons. The highest BCUT2D eigenvalue weighted by molar-refractivity contribution is 7.89. The van der Waals surface area contributed by atoms with Gasteiger partial charge in [0.05, 0.1) is 22.8 Å². The lowest BCUT2D eigenvalue weighted by Crippen LogP contribution is -2.24. The normalized spacial score (nSPS) is 11.7. The van der Waals surface area contributed by atoms with Crippen molar-refractivity contribution in [2.45, 2.75) is 18.4 Å². The van der Waals surface area contributed by atoms with Crippen molar-refractivity contribution in [3.05, 3.63) is 41.5 Å². The number of aromatic amines is 1. The first kappa shape index (κ1) is 13.5. The molecule has 0 fully saturated rings. The molecule has 2 rings (SSSR count). The highest BCUT2D eigenvalue weighted by Crippen LogP contribution is 2.21. The zero-order valence-electron chi connectivity index (χ0n) is 10.1. The molecule has 19 heavy (non-hydrogen) atoms. The summed E-state index contributed by atoms with van der Waals surface area (Å²) in [6.07, 6.45) is 1.52. The third-order valence-corrected chi connectivity index (χ3v) is 4.14. The Morgan fingerprint density at radius 1 is 1.47 bits per heavy atom. The summed E-state index contributed by atoms with van der Waals surface area (Å²) >= 11 is 0. The van der Waals surface area contributed by atoms with Crippen molar-refractivity contribution in [2.75, 3.05) is 5.73 Å². The summed E-state index contributed by atoms with van der Waals surface area (Å²) in [5.74, 6) is -0.634. The largest absolute Gasteiger partial charge is 0.396 e. The maximum absolute atomic E-state index is 13.2. The van der Waals surface area contributed by atoms with E-state index in [1.807, 2.05) is 0 Å². The molecule has 0 saturated heterocycles. The summed E-state index contributed by atoms with van der Waals surface area (Å²) < 4.78 is 39.8. The Kier molecular flexibility index (Phi) is 3.54. The molecule has 8 heteroatoms. The Balaban J connectivity index is 2.27. The number of sulfonamides is 1. The Labute approximate surface area is 109 Å². The van der Waals surface area contributed by atoms with Gasteiger partial charge in [-0.25, -0.2) is 17.5 Å². The van der Waals surface area contributed by atoms with E-state index >= 15 is 0 Å². The number of hydrogen-bond acceptors (Lipinski definition) is 4. The molecule has 0 aliphatic rings. The van der Waals surface area contributed by atoms with Crippen LogP contribution in [0.3, 0.4) is 0 Å². The lowest BCUT2D eigenvalue weighted by atomic mass is 10.2. The second-order valence-corrected chi connectivity index (χ2v) is 5.78. The second kappa shape index (κ2) is 4.98. The van der Waals surface area contributed by atoms with Crippen LogP contribution in [-0.4, -0.2) is 18.6 Å². The maximum atomic E-state index is 13.2. The van der Waals surface area contributed by atoms with Crippen molar-refractivity contribution >= 4 is 15.7 Å². The minimum Gasteiger partial charge on any atom is -0.396 e. The quantitative estimate of drug-likeness (QED) is 0.727. The number of nitrogens with two attached hydrogens (primary N) is 1. The van der Waals surface area contributed by atoms with Crippen LogP contribution in [0.4, 0.5) is 10.1 Å². The van der Waals surface area contributed by atoms with Gasteiger partial charge < -0.3 is 5.73 Å². The van der Waals surface area contributed by atoms with E-state index in [-0.39, 0.29) is 17.1 Å². The summed E-state index contributed by atoms with van der Waals surface area (Å²) in [5.41, 5.74) is 6.11. The summed E-state index contributed by atoms with van der Waals surface area (Å²) in [6.45, 7) is 1.58. The van der Waals surface area contributed by atoms with Gasteiger partial charge in [0.25, 0.3) is 0 Å². The number of rotatable bonds is 4. The highest BCUT2D eigenvalue weighted by Gasteiger charge is 2.18. The summed E-state index contributed by atoms with van der Waals surface area (Å²) in [7, 11) is -3.75. The molecule has 1 aromatic heterocycles. The topological polar surface area (TPSA) is 101 Å². The van der Waals surface area contributed by atoms with Gasteiger partial charge in [0.2, 0.25) is 10.0 Å². The van der Waals surface area contributed by atoms with Gasteiger partial charge in [-0.15, -0.1) is 0 Å². The van der Waals surface area contributed by atoms with Crippen molar-refractivity contribution in [2.24, 2.45) is 0 Å². The number of halogens is 1. The minimum absolute atomic E-state index is 0.0362. The Morgan fingerprint density at radius 2 is 2.21 bits per heavy atom. The van der Waals surface area contributed by atoms with E-state index < -0.39 is 15.8 Å². The van der Waals surface area contributed by atoms with Gasteiger partial charge in [0.1, 0.15) is 5.82 Å². The van der Waals surface area contributed by atoms with Crippen LogP contribution in [0.1, 0.15) is 11.3 Å². The van der Waals surface area contributed by atoms with Crippen molar-refractivity contribution < 1.29 is 12.8 Å². The number of aryl methyl sites for hydroxylation is 1. The molecule has 0 aliphatic heterocycles. The van der Waals surface area contributed by atoms with E-state index in [0.29, 0.717) is 11.3 Å². The fourth-order valence-corrected chi connectivity index (χ4v) is 2.86. The number of hydrogen-bond donors (Lipinski definition) is 3. The highest BCUT2D eigenvalue weighted by atomic mass is 32.2. The first-order valence-corrected chi connectivity index (χ1v) is 6.92. The predicted molar refractivity (Wildman–Crippen MR) is 68.2 cm³/mol. The van der Waals surface area contributed by atoms with Gasteiger partial charge in [0, 0.05) is 6.20 Å². The van der Waals surface area contributed by atoms with Crippen molar-refractivity contribution in [1.82, 2.24) is 14.9 Å². The molecular formula is C11H13FN4O2S. The standard InChI is InChI=1S/C11H13FN4O2S/c1-7-4-9(12)10(13)5-11(7)19(17,18)15-6-8-2-3-14-16-8/h2-5,15H,6,13H2,1H3,(H,14,16). The molecule has 0 unspecified atom stereocenters. The summed E-state index contributed by atoms with van der Waals surface area (Å²) in [6, 6.07) is 3.86. The number of nitrogens with one attached hydrogen (secondary N) is 2. The molecule has 0 radical (unpaired) electrons. The third kappa shape index (κ3) is 2.91. The van der Waals surface area contributed by atoms with E-state index in [9.17, 15) is 12.8 Å². The molecule has 2 aromatic rings. The third-order valence-electron chi connectivity index (χ3n) is 2.59. The van der Waals surface area contributed by atoms with Crippen LogP contribution in [-0.2, 0) is 16.6 Å². The number of aromatic nitrogens is 2. The van der Waals surface area contributed by atoms with Crippen LogP contribution in [0.5, 0.6) is 0 Å². The van der Waals surface area contributed by atoms with Gasteiger partial charge in [-0.3, -0.25) is 5.10 Å². The fourth-order valence-electron chi connectivity index (χ4n) is 1.59. The summed E-state index contributed by atoms with van der Waals surface area (Å²) in [5, 5.41) is 6.34. The molecule has 0 atom stereocenters. The number of nitrogen functional groups attached to an aromatic ring is 1. The molecule has 4 N–H and O–H groups in total. The zero-order chi connectivity index (χ0) is 14.0. The first-order valence-electron chi connectivity index (χ1n) is 5.43. The first-order chi connectivity index (χ1) is 8.90. The number of nitrogens with zero attached hydrogens (tertiary/aromatic N) is 1. The molecule has 1 heterocycles. The van der Waals surface area contributed by atoms with E-state index in [2.05, 4.69) is 14.9 Å². The van der Waals surface area contributed by atoms with Crippen LogP contribution in [0.15, 0.2) is 29.3 Å². The second-order valence-electron chi connectivity index (χ2n) is 4.05. The molecular weight excluding hydrogens is 271 g/mol. The molecule has 1 aromatic carbocycles. The molecule has 0 bridgehead atoms. The van der Waals surface area contributed by atoms with Gasteiger partial charge in [-0.2, -0.15) is 5.10 Å². The molecule has 6 nitrogen and oxygen atoms in total. The van der Waals surface area contributed by atoms with Crippen molar-refractivity contribution in [3.63, 3.8) is 0 Å². The van der Waals surface area contributed by atoms with E-state index in [0.717, 1.165) is 12.1 Å². The number of H-pyrrole nitrogens is 1. The Hall–Kier alpha value is -1.93. The zero-order valence-corrected chi connectivity index (χ0v) is 11.0. The number of benzene rings is 1. The minimum atomic E-state index is -3.75. The van der Waals surface area contributed by atoms with Crippen LogP contribution in [0.2, 0.25) is 0 Å². The van der Waals surface area contributed by atoms with Crippen LogP contribution in [0.25, 0.3) is 0 Å². The van der Waals surface area contributed by atoms with Crippen LogP contribution in [0, 0.1) is 12.7 Å². The van der Waals surface area contributed by atoms with Gasteiger partial charge >= 0.3 is 0 Å². The average molecular weight is 284 g/mol. The SMILES string of the molecule is Cc1cc(F)c(N)cc1S(=O)(=O)NCc1ccn[nH]1. The molecule has 0 saturated carbocycles. The average Bonchev–Trinajstić information content (AvgIpc) is 2.84. The van der Waals surface area contributed by atoms with Crippen LogP contribution < -0.4 is 10.5 Å². The summed E-state index contributed by atoms with van der Waals surface area (Å²) in [4.78, 5) is -0.0362. The number of anilines is 1. The Morgan fingerprint density at radius 3 is 2.84 bits per heavy atom. The van der Waals surface area contributed by atoms with Crippen LogP contribution >= 0.6 is 0 Å². The molecule has 0 amide bonds. The maximum Gasteiger partial charge on any atom is 0.241 e. The Bertz CT molecular complexity index is 683. The fraction of sp³-hybridized carbons (Fsp3) is 0.182. The van der Waals surface area contributed by atoms with Crippen molar-refractivity contribution in [1.29, 1.82) is 0 Å². The molecule has 0 spiro atoms. The van der Waals surface area contributed by atoms with Gasteiger partial charge in [-0.1, -0.05) is 0 Å². The van der Waals surface area contributed by atoms with E-state index in [1.165, 1.54) is 13.1 Å². The monoisotopic (exact) mass is 284 g/mol.